The van der Waals surface area contributed by atoms with Gasteiger partial charge < -0.3 is 15.7 Å². The summed E-state index contributed by atoms with van der Waals surface area (Å²) in [5, 5.41) is 9.06. The monoisotopic (exact) mass is 200 g/mol. The molecule has 4 heteroatoms. The Morgan fingerprint density at radius 2 is 2.07 bits per heavy atom. The summed E-state index contributed by atoms with van der Waals surface area (Å²) < 4.78 is 0. The van der Waals surface area contributed by atoms with E-state index in [9.17, 15) is 4.79 Å². The van der Waals surface area contributed by atoms with Crippen LogP contribution >= 0.6 is 0 Å². The van der Waals surface area contributed by atoms with Gasteiger partial charge in [0.15, 0.2) is 0 Å². The van der Waals surface area contributed by atoms with Crippen molar-refractivity contribution in [1.29, 1.82) is 0 Å². The fourth-order valence-corrected chi connectivity index (χ4v) is 2.35. The maximum Gasteiger partial charge on any atom is 0.407 e. The molecule has 1 amide bonds. The number of hydrogen-bond donors (Lipinski definition) is 2. The normalized spacial score (nSPS) is 29.0. The Bertz CT molecular complexity index is 223. The Morgan fingerprint density at radius 3 is 2.43 bits per heavy atom. The zero-order valence-electron chi connectivity index (χ0n) is 9.16. The minimum atomic E-state index is -0.847. The highest BCUT2D eigenvalue weighted by Gasteiger charge is 2.39. The molecule has 1 fully saturated rings. The average molecular weight is 200 g/mol. The van der Waals surface area contributed by atoms with Gasteiger partial charge in [-0.1, -0.05) is 20.8 Å². The van der Waals surface area contributed by atoms with Crippen molar-refractivity contribution in [3.8, 4) is 0 Å². The van der Waals surface area contributed by atoms with E-state index in [1.807, 2.05) is 20.8 Å². The van der Waals surface area contributed by atoms with Crippen molar-refractivity contribution >= 4 is 6.09 Å². The van der Waals surface area contributed by atoms with E-state index >= 15 is 0 Å². The number of carbonyl (C=O) groups is 1. The van der Waals surface area contributed by atoms with Gasteiger partial charge in [-0.3, -0.25) is 0 Å². The lowest BCUT2D eigenvalue weighted by Crippen LogP contribution is -2.59. The summed E-state index contributed by atoms with van der Waals surface area (Å²) in [6.07, 6.45) is 0.950. The lowest BCUT2D eigenvalue weighted by Gasteiger charge is -2.45. The second-order valence-electron chi connectivity index (χ2n) is 5.09. The highest BCUT2D eigenvalue weighted by Crippen LogP contribution is 2.31. The van der Waals surface area contributed by atoms with Crippen LogP contribution in [0.25, 0.3) is 0 Å². The standard InChI is InChI=1S/C10H20N2O2/c1-10(2,3)8-7(11)5-4-6-12(8)9(13)14/h7-8H,4-6,11H2,1-3H3,(H,13,14)/t7?,8-/m0/s1. The average Bonchev–Trinajstić information content (AvgIpc) is 2.01. The third kappa shape index (κ3) is 2.18. The molecule has 0 saturated carbocycles. The minimum absolute atomic E-state index is 0.0279. The van der Waals surface area contributed by atoms with Crippen molar-refractivity contribution < 1.29 is 9.90 Å². The number of nitrogens with zero attached hydrogens (tertiary/aromatic N) is 1. The molecular formula is C10H20N2O2. The SMILES string of the molecule is CC(C)(C)[C@@H]1C(N)CCCN1C(=O)O. The first-order valence-electron chi connectivity index (χ1n) is 5.09. The fraction of sp³-hybridized carbons (Fsp3) is 0.900. The molecule has 0 bridgehead atoms. The summed E-state index contributed by atoms with van der Waals surface area (Å²) in [5.41, 5.74) is 5.90. The molecule has 0 aromatic rings. The Labute approximate surface area is 85.1 Å². The summed E-state index contributed by atoms with van der Waals surface area (Å²) in [6.45, 7) is 6.74. The molecule has 1 aliphatic rings. The van der Waals surface area contributed by atoms with Crippen LogP contribution in [0.5, 0.6) is 0 Å². The van der Waals surface area contributed by atoms with Gasteiger partial charge in [0.2, 0.25) is 0 Å². The van der Waals surface area contributed by atoms with Crippen molar-refractivity contribution in [2.45, 2.75) is 45.7 Å². The molecule has 0 aromatic heterocycles. The Kier molecular flexibility index (Phi) is 3.04. The molecule has 1 saturated heterocycles. The molecule has 0 aromatic carbocycles. The summed E-state index contributed by atoms with van der Waals surface area (Å²) >= 11 is 0. The number of rotatable bonds is 0. The Balaban J connectivity index is 2.87. The first kappa shape index (κ1) is 11.3. The van der Waals surface area contributed by atoms with Gasteiger partial charge in [0, 0.05) is 12.6 Å². The summed E-state index contributed by atoms with van der Waals surface area (Å²) in [7, 11) is 0. The van der Waals surface area contributed by atoms with Crippen LogP contribution in [0, 0.1) is 5.41 Å². The fourth-order valence-electron chi connectivity index (χ4n) is 2.35. The largest absolute Gasteiger partial charge is 0.465 e. The van der Waals surface area contributed by atoms with Crippen molar-refractivity contribution in [2.75, 3.05) is 6.54 Å². The van der Waals surface area contributed by atoms with E-state index in [1.54, 1.807) is 0 Å². The van der Waals surface area contributed by atoms with E-state index < -0.39 is 6.09 Å². The number of nitrogens with two attached hydrogens (primary N) is 1. The smallest absolute Gasteiger partial charge is 0.407 e. The van der Waals surface area contributed by atoms with E-state index in [-0.39, 0.29) is 17.5 Å². The van der Waals surface area contributed by atoms with E-state index in [0.717, 1.165) is 12.8 Å². The van der Waals surface area contributed by atoms with Crippen LogP contribution in [0.3, 0.4) is 0 Å². The molecule has 1 heterocycles. The van der Waals surface area contributed by atoms with Crippen LogP contribution in [0.1, 0.15) is 33.6 Å². The molecule has 14 heavy (non-hydrogen) atoms. The Morgan fingerprint density at radius 1 is 1.50 bits per heavy atom. The Hall–Kier alpha value is -0.770. The van der Waals surface area contributed by atoms with Crippen molar-refractivity contribution in [3.05, 3.63) is 0 Å². The van der Waals surface area contributed by atoms with E-state index in [0.29, 0.717) is 6.54 Å². The van der Waals surface area contributed by atoms with Crippen LogP contribution in [0.4, 0.5) is 4.79 Å². The number of amides is 1. The third-order valence-corrected chi connectivity index (χ3v) is 2.81. The molecule has 82 valence electrons. The van der Waals surface area contributed by atoms with E-state index in [2.05, 4.69) is 0 Å². The second-order valence-corrected chi connectivity index (χ2v) is 5.09. The van der Waals surface area contributed by atoms with Gasteiger partial charge in [-0.25, -0.2) is 4.79 Å². The van der Waals surface area contributed by atoms with Crippen molar-refractivity contribution in [3.63, 3.8) is 0 Å². The molecule has 1 rings (SSSR count). The van der Waals surface area contributed by atoms with Gasteiger partial charge in [0.05, 0.1) is 6.04 Å². The van der Waals surface area contributed by atoms with Gasteiger partial charge in [0.25, 0.3) is 0 Å². The van der Waals surface area contributed by atoms with Crippen LogP contribution in [0.2, 0.25) is 0 Å². The first-order valence-corrected chi connectivity index (χ1v) is 5.09. The van der Waals surface area contributed by atoms with Gasteiger partial charge in [0.1, 0.15) is 0 Å². The molecule has 4 nitrogen and oxygen atoms in total. The zero-order valence-corrected chi connectivity index (χ0v) is 9.16. The van der Waals surface area contributed by atoms with Crippen LogP contribution in [0.15, 0.2) is 0 Å². The van der Waals surface area contributed by atoms with Gasteiger partial charge in [-0.15, -0.1) is 0 Å². The van der Waals surface area contributed by atoms with Gasteiger partial charge in [-0.2, -0.15) is 0 Å². The van der Waals surface area contributed by atoms with Gasteiger partial charge in [-0.05, 0) is 18.3 Å². The molecule has 0 aliphatic carbocycles. The van der Waals surface area contributed by atoms with Crippen molar-refractivity contribution in [1.82, 2.24) is 4.90 Å². The molecular weight excluding hydrogens is 180 g/mol. The number of hydrogen-bond acceptors (Lipinski definition) is 2. The third-order valence-electron chi connectivity index (χ3n) is 2.81. The molecule has 2 atom stereocenters. The van der Waals surface area contributed by atoms with E-state index in [1.165, 1.54) is 4.90 Å². The minimum Gasteiger partial charge on any atom is -0.465 e. The molecule has 0 radical (unpaired) electrons. The molecule has 3 N–H and O–H groups in total. The molecule has 0 spiro atoms. The lowest BCUT2D eigenvalue weighted by molar-refractivity contribution is 0.0474. The van der Waals surface area contributed by atoms with E-state index in [4.69, 9.17) is 10.8 Å². The first-order chi connectivity index (χ1) is 6.34. The quantitative estimate of drug-likeness (QED) is 0.622. The predicted molar refractivity (Wildman–Crippen MR) is 55.2 cm³/mol. The highest BCUT2D eigenvalue weighted by molar-refractivity contribution is 5.65. The maximum absolute atomic E-state index is 11.0. The summed E-state index contributed by atoms with van der Waals surface area (Å²) in [5.74, 6) is 0. The van der Waals surface area contributed by atoms with Crippen molar-refractivity contribution in [2.24, 2.45) is 11.1 Å². The number of carboxylic acid groups (broad SMARTS) is 1. The maximum atomic E-state index is 11.0. The lowest BCUT2D eigenvalue weighted by atomic mass is 9.78. The zero-order chi connectivity index (χ0) is 10.9. The van der Waals surface area contributed by atoms with Crippen LogP contribution in [-0.4, -0.2) is 34.7 Å². The summed E-state index contributed by atoms with van der Waals surface area (Å²) in [6, 6.07) is -0.0893. The topological polar surface area (TPSA) is 66.6 Å². The highest BCUT2D eigenvalue weighted by atomic mass is 16.4. The van der Waals surface area contributed by atoms with Gasteiger partial charge >= 0.3 is 6.09 Å². The molecule has 1 aliphatic heterocycles. The molecule has 1 unspecified atom stereocenters. The van der Waals surface area contributed by atoms with Crippen LogP contribution < -0.4 is 5.73 Å². The summed E-state index contributed by atoms with van der Waals surface area (Å²) in [4.78, 5) is 12.5. The van der Waals surface area contributed by atoms with Crippen LogP contribution in [-0.2, 0) is 0 Å². The number of piperidine rings is 1. The second kappa shape index (κ2) is 3.77. The predicted octanol–water partition coefficient (Wildman–Crippen LogP) is 1.50. The number of likely N-dealkylation sites (tertiary alicyclic amines) is 1.